The number of nitrogens with zero attached hydrogens (tertiary/aromatic N) is 3. The molecule has 2 saturated heterocycles. The van der Waals surface area contributed by atoms with Crippen molar-refractivity contribution in [3.05, 3.63) is 65.7 Å². The lowest BCUT2D eigenvalue weighted by atomic mass is 9.83. The average molecular weight is 394 g/mol. The molecule has 0 aliphatic carbocycles. The van der Waals surface area contributed by atoms with Gasteiger partial charge in [0.05, 0.1) is 12.6 Å². The third-order valence-electron chi connectivity index (χ3n) is 6.84. The molecule has 4 heteroatoms. The van der Waals surface area contributed by atoms with Gasteiger partial charge < -0.3 is 4.74 Å². The van der Waals surface area contributed by atoms with Crippen molar-refractivity contribution in [1.29, 1.82) is 0 Å². The van der Waals surface area contributed by atoms with Gasteiger partial charge in [0.1, 0.15) is 5.75 Å². The van der Waals surface area contributed by atoms with E-state index in [2.05, 4.69) is 76.4 Å². The molecule has 29 heavy (non-hydrogen) atoms. The Morgan fingerprint density at radius 2 is 1.55 bits per heavy atom. The first-order valence-corrected chi connectivity index (χ1v) is 11.2. The number of hydrogen-bond acceptors (Lipinski definition) is 4. The first kappa shape index (κ1) is 20.4. The SMILES string of the molecule is CCC1(c2ccccc2)CN(N2CCCCC2)CCN1Cc1ccc(OC)cc1. The summed E-state index contributed by atoms with van der Waals surface area (Å²) < 4.78 is 5.35. The summed E-state index contributed by atoms with van der Waals surface area (Å²) in [4.78, 5) is 2.71. The van der Waals surface area contributed by atoms with Gasteiger partial charge in [-0.05, 0) is 42.5 Å². The maximum absolute atomic E-state index is 5.35. The lowest BCUT2D eigenvalue weighted by Crippen LogP contribution is -2.63. The maximum Gasteiger partial charge on any atom is 0.118 e. The van der Waals surface area contributed by atoms with Gasteiger partial charge in [-0.2, -0.15) is 0 Å². The molecule has 2 heterocycles. The number of ether oxygens (including phenoxy) is 1. The highest BCUT2D eigenvalue weighted by molar-refractivity contribution is 5.29. The van der Waals surface area contributed by atoms with Gasteiger partial charge in [-0.3, -0.25) is 4.90 Å². The van der Waals surface area contributed by atoms with Crippen molar-refractivity contribution in [2.45, 2.75) is 44.7 Å². The fraction of sp³-hybridized carbons (Fsp3) is 0.520. The van der Waals surface area contributed by atoms with Crippen LogP contribution in [0.5, 0.6) is 5.75 Å². The average Bonchev–Trinajstić information content (AvgIpc) is 2.81. The van der Waals surface area contributed by atoms with Crippen LogP contribution in [-0.2, 0) is 12.1 Å². The molecule has 0 spiro atoms. The van der Waals surface area contributed by atoms with Crippen molar-refractivity contribution in [2.24, 2.45) is 0 Å². The Morgan fingerprint density at radius 1 is 0.828 bits per heavy atom. The second-order valence-corrected chi connectivity index (χ2v) is 8.42. The van der Waals surface area contributed by atoms with E-state index in [1.165, 1.54) is 43.5 Å². The van der Waals surface area contributed by atoms with Gasteiger partial charge in [0, 0.05) is 39.3 Å². The van der Waals surface area contributed by atoms with Gasteiger partial charge in [0.15, 0.2) is 0 Å². The molecule has 1 atom stereocenters. The Balaban J connectivity index is 1.61. The molecule has 0 amide bonds. The highest BCUT2D eigenvalue weighted by Gasteiger charge is 2.43. The summed E-state index contributed by atoms with van der Waals surface area (Å²) in [6.07, 6.45) is 5.15. The molecule has 0 bridgehead atoms. The third kappa shape index (κ3) is 4.35. The summed E-state index contributed by atoms with van der Waals surface area (Å²) in [5.74, 6) is 0.925. The molecule has 2 aromatic carbocycles. The van der Waals surface area contributed by atoms with E-state index in [4.69, 9.17) is 4.74 Å². The normalized spacial score (nSPS) is 24.5. The van der Waals surface area contributed by atoms with Crippen LogP contribution in [0.1, 0.15) is 43.7 Å². The smallest absolute Gasteiger partial charge is 0.118 e. The molecule has 4 rings (SSSR count). The predicted molar refractivity (Wildman–Crippen MR) is 119 cm³/mol. The number of piperidine rings is 1. The quantitative estimate of drug-likeness (QED) is 0.718. The van der Waals surface area contributed by atoms with Gasteiger partial charge in [-0.25, -0.2) is 10.0 Å². The van der Waals surface area contributed by atoms with Gasteiger partial charge in [-0.15, -0.1) is 0 Å². The summed E-state index contributed by atoms with van der Waals surface area (Å²) in [5, 5.41) is 5.28. The highest BCUT2D eigenvalue weighted by Crippen LogP contribution is 2.38. The summed E-state index contributed by atoms with van der Waals surface area (Å²) in [7, 11) is 1.73. The predicted octanol–water partition coefficient (Wildman–Crippen LogP) is 4.52. The topological polar surface area (TPSA) is 19.0 Å². The van der Waals surface area contributed by atoms with E-state index < -0.39 is 0 Å². The van der Waals surface area contributed by atoms with E-state index in [1.54, 1.807) is 7.11 Å². The van der Waals surface area contributed by atoms with E-state index in [0.29, 0.717) is 0 Å². The molecular weight excluding hydrogens is 358 g/mol. The first-order chi connectivity index (χ1) is 14.2. The summed E-state index contributed by atoms with van der Waals surface area (Å²) in [5.41, 5.74) is 2.83. The Bertz CT molecular complexity index is 757. The van der Waals surface area contributed by atoms with Crippen LogP contribution in [0.15, 0.2) is 54.6 Å². The van der Waals surface area contributed by atoms with Crippen LogP contribution in [0, 0.1) is 0 Å². The lowest BCUT2D eigenvalue weighted by molar-refractivity contribution is -0.124. The number of rotatable bonds is 6. The minimum absolute atomic E-state index is 0.0386. The maximum atomic E-state index is 5.35. The van der Waals surface area contributed by atoms with Crippen LogP contribution >= 0.6 is 0 Å². The summed E-state index contributed by atoms with van der Waals surface area (Å²) in [6.45, 7) is 9.04. The van der Waals surface area contributed by atoms with Crippen molar-refractivity contribution in [2.75, 3.05) is 39.8 Å². The molecular formula is C25H35N3O. The van der Waals surface area contributed by atoms with E-state index >= 15 is 0 Å². The van der Waals surface area contributed by atoms with Crippen LogP contribution in [0.2, 0.25) is 0 Å². The Kier molecular flexibility index (Phi) is 6.53. The van der Waals surface area contributed by atoms with E-state index in [9.17, 15) is 0 Å². The monoisotopic (exact) mass is 393 g/mol. The highest BCUT2D eigenvalue weighted by atomic mass is 16.5. The van der Waals surface area contributed by atoms with Crippen LogP contribution in [0.25, 0.3) is 0 Å². The molecule has 156 valence electrons. The molecule has 2 fully saturated rings. The number of hydrogen-bond donors (Lipinski definition) is 0. The van der Waals surface area contributed by atoms with Crippen molar-refractivity contribution < 1.29 is 4.74 Å². The van der Waals surface area contributed by atoms with Crippen molar-refractivity contribution >= 4 is 0 Å². The molecule has 4 nitrogen and oxygen atoms in total. The molecule has 1 unspecified atom stereocenters. The molecule has 0 N–H and O–H groups in total. The molecule has 2 aliphatic heterocycles. The largest absolute Gasteiger partial charge is 0.497 e. The zero-order chi connectivity index (χ0) is 20.1. The first-order valence-electron chi connectivity index (χ1n) is 11.2. The number of methoxy groups -OCH3 is 1. The van der Waals surface area contributed by atoms with E-state index in [1.807, 2.05) is 0 Å². The summed E-state index contributed by atoms with van der Waals surface area (Å²) >= 11 is 0. The van der Waals surface area contributed by atoms with Crippen LogP contribution in [0.3, 0.4) is 0 Å². The second kappa shape index (κ2) is 9.29. The third-order valence-corrected chi connectivity index (χ3v) is 6.84. The lowest BCUT2D eigenvalue weighted by Gasteiger charge is -2.54. The molecule has 2 aromatic rings. The number of benzene rings is 2. The van der Waals surface area contributed by atoms with Crippen molar-refractivity contribution in [1.82, 2.24) is 14.9 Å². The van der Waals surface area contributed by atoms with E-state index in [0.717, 1.165) is 38.3 Å². The van der Waals surface area contributed by atoms with Crippen LogP contribution in [-0.4, -0.2) is 54.8 Å². The Morgan fingerprint density at radius 3 is 2.21 bits per heavy atom. The molecule has 0 aromatic heterocycles. The zero-order valence-corrected chi connectivity index (χ0v) is 18.0. The van der Waals surface area contributed by atoms with E-state index in [-0.39, 0.29) is 5.54 Å². The number of piperazine rings is 1. The van der Waals surface area contributed by atoms with Gasteiger partial charge in [-0.1, -0.05) is 55.8 Å². The molecule has 0 radical (unpaired) electrons. The van der Waals surface area contributed by atoms with Gasteiger partial charge >= 0.3 is 0 Å². The molecule has 2 aliphatic rings. The van der Waals surface area contributed by atoms with Crippen LogP contribution < -0.4 is 4.74 Å². The fourth-order valence-electron chi connectivity index (χ4n) is 5.08. The standard InChI is InChI=1S/C25H35N3O/c1-3-25(23-10-6-4-7-11-23)21-28(27-16-8-5-9-17-27)19-18-26(25)20-22-12-14-24(29-2)15-13-22/h4,6-7,10-15H,3,5,8-9,16-21H2,1-2H3. The van der Waals surface area contributed by atoms with Gasteiger partial charge in [0.2, 0.25) is 0 Å². The minimum atomic E-state index is 0.0386. The second-order valence-electron chi connectivity index (χ2n) is 8.42. The van der Waals surface area contributed by atoms with Gasteiger partial charge in [0.25, 0.3) is 0 Å². The minimum Gasteiger partial charge on any atom is -0.497 e. The van der Waals surface area contributed by atoms with Crippen molar-refractivity contribution in [3.8, 4) is 5.75 Å². The fourth-order valence-corrected chi connectivity index (χ4v) is 5.08. The van der Waals surface area contributed by atoms with Crippen LogP contribution in [0.4, 0.5) is 0 Å². The summed E-state index contributed by atoms with van der Waals surface area (Å²) in [6, 6.07) is 19.7. The molecule has 0 saturated carbocycles. The Hall–Kier alpha value is -1.88. The van der Waals surface area contributed by atoms with Crippen molar-refractivity contribution in [3.63, 3.8) is 0 Å². The zero-order valence-electron chi connectivity index (χ0n) is 18.0. The number of hydrazine groups is 1. The Labute approximate surface area is 176 Å².